The van der Waals surface area contributed by atoms with E-state index in [0.717, 1.165) is 46.7 Å². The van der Waals surface area contributed by atoms with E-state index in [9.17, 15) is 9.59 Å². The molecule has 6 heteroatoms. The first-order chi connectivity index (χ1) is 15.7. The molecule has 5 nitrogen and oxygen atoms in total. The van der Waals surface area contributed by atoms with Crippen molar-refractivity contribution < 1.29 is 9.59 Å². The minimum Gasteiger partial charge on any atom is -0.348 e. The van der Waals surface area contributed by atoms with Crippen LogP contribution in [0.5, 0.6) is 0 Å². The highest BCUT2D eigenvalue weighted by Crippen LogP contribution is 2.39. The number of fused-ring (bicyclic) bond motifs is 2. The van der Waals surface area contributed by atoms with E-state index in [1.807, 2.05) is 54.6 Å². The standard InChI is InChI=1S/C26H23N3O2S/c30-23(14-19-9-3-8-18-7-1-2-10-20(18)19)29-26-24(21-11-4-12-22(21)32-26)25(31)28-16-17-6-5-13-27-15-17/h1-3,5-10,13,15H,4,11-12,14,16H2,(H,28,31)(H,29,30). The zero-order valence-corrected chi connectivity index (χ0v) is 18.4. The maximum absolute atomic E-state index is 13.1. The molecule has 2 heterocycles. The Morgan fingerprint density at radius 3 is 2.75 bits per heavy atom. The Hall–Kier alpha value is -3.51. The average Bonchev–Trinajstić information content (AvgIpc) is 3.39. The SMILES string of the molecule is O=C(Cc1cccc2ccccc12)Nc1sc2c(c1C(=O)NCc1cccnc1)CCC2. The Bertz CT molecular complexity index is 1290. The lowest BCUT2D eigenvalue weighted by molar-refractivity contribution is -0.115. The number of aromatic nitrogens is 1. The number of anilines is 1. The summed E-state index contributed by atoms with van der Waals surface area (Å²) in [5.74, 6) is -0.253. The predicted molar refractivity (Wildman–Crippen MR) is 128 cm³/mol. The molecule has 0 fully saturated rings. The van der Waals surface area contributed by atoms with Crippen molar-refractivity contribution >= 4 is 38.9 Å². The van der Waals surface area contributed by atoms with Gasteiger partial charge < -0.3 is 10.6 Å². The van der Waals surface area contributed by atoms with Crippen LogP contribution in [0.25, 0.3) is 10.8 Å². The summed E-state index contributed by atoms with van der Waals surface area (Å²) in [5.41, 5.74) is 3.62. The molecule has 0 saturated heterocycles. The smallest absolute Gasteiger partial charge is 0.254 e. The van der Waals surface area contributed by atoms with Crippen LogP contribution in [0.3, 0.4) is 0 Å². The van der Waals surface area contributed by atoms with Crippen LogP contribution in [-0.4, -0.2) is 16.8 Å². The first kappa shape index (κ1) is 20.4. The molecule has 160 valence electrons. The van der Waals surface area contributed by atoms with Crippen LogP contribution < -0.4 is 10.6 Å². The molecular formula is C26H23N3O2S. The first-order valence-corrected chi connectivity index (χ1v) is 11.6. The van der Waals surface area contributed by atoms with Gasteiger partial charge in [-0.25, -0.2) is 0 Å². The van der Waals surface area contributed by atoms with Crippen LogP contribution in [0.15, 0.2) is 67.0 Å². The van der Waals surface area contributed by atoms with Crippen molar-refractivity contribution in [2.24, 2.45) is 0 Å². The highest BCUT2D eigenvalue weighted by Gasteiger charge is 2.27. The minimum absolute atomic E-state index is 0.109. The topological polar surface area (TPSA) is 71.1 Å². The molecule has 1 aliphatic rings. The van der Waals surface area contributed by atoms with Crippen molar-refractivity contribution in [3.8, 4) is 0 Å². The number of rotatable bonds is 6. The third-order valence-electron chi connectivity index (χ3n) is 5.81. The molecule has 2 aromatic carbocycles. The van der Waals surface area contributed by atoms with Crippen molar-refractivity contribution in [3.05, 3.63) is 94.1 Å². The maximum atomic E-state index is 13.1. The number of nitrogens with one attached hydrogen (secondary N) is 2. The van der Waals surface area contributed by atoms with E-state index in [1.165, 1.54) is 16.2 Å². The Morgan fingerprint density at radius 1 is 1.00 bits per heavy atom. The van der Waals surface area contributed by atoms with E-state index >= 15 is 0 Å². The van der Waals surface area contributed by atoms with E-state index < -0.39 is 0 Å². The monoisotopic (exact) mass is 441 g/mol. The van der Waals surface area contributed by atoms with Crippen molar-refractivity contribution in [2.75, 3.05) is 5.32 Å². The molecule has 1 aliphatic carbocycles. The molecular weight excluding hydrogens is 418 g/mol. The van der Waals surface area contributed by atoms with E-state index in [1.54, 1.807) is 12.4 Å². The summed E-state index contributed by atoms with van der Waals surface area (Å²) in [5, 5.41) is 8.88. The van der Waals surface area contributed by atoms with Gasteiger partial charge in [-0.05, 0) is 52.8 Å². The summed E-state index contributed by atoms with van der Waals surface area (Å²) in [7, 11) is 0. The van der Waals surface area contributed by atoms with Gasteiger partial charge in [0.15, 0.2) is 0 Å². The minimum atomic E-state index is -0.145. The van der Waals surface area contributed by atoms with Gasteiger partial charge in [-0.1, -0.05) is 48.5 Å². The van der Waals surface area contributed by atoms with Gasteiger partial charge in [-0.3, -0.25) is 14.6 Å². The summed E-state index contributed by atoms with van der Waals surface area (Å²) in [6.45, 7) is 0.403. The Labute approximate surface area is 190 Å². The largest absolute Gasteiger partial charge is 0.348 e. The van der Waals surface area contributed by atoms with Crippen LogP contribution in [0.4, 0.5) is 5.00 Å². The molecule has 0 atom stereocenters. The number of carbonyl (C=O) groups excluding carboxylic acids is 2. The summed E-state index contributed by atoms with van der Waals surface area (Å²) in [4.78, 5) is 31.4. The number of aryl methyl sites for hydroxylation is 1. The fourth-order valence-corrected chi connectivity index (χ4v) is 5.60. The molecule has 0 saturated carbocycles. The molecule has 32 heavy (non-hydrogen) atoms. The molecule has 0 aliphatic heterocycles. The molecule has 2 aromatic heterocycles. The van der Waals surface area contributed by atoms with Gasteiger partial charge >= 0.3 is 0 Å². The maximum Gasteiger partial charge on any atom is 0.254 e. The van der Waals surface area contributed by atoms with E-state index in [4.69, 9.17) is 0 Å². The fourth-order valence-electron chi connectivity index (χ4n) is 4.30. The van der Waals surface area contributed by atoms with Gasteiger partial charge in [0.2, 0.25) is 5.91 Å². The molecule has 2 amide bonds. The highest BCUT2D eigenvalue weighted by atomic mass is 32.1. The van der Waals surface area contributed by atoms with Gasteiger partial charge in [0.25, 0.3) is 5.91 Å². The molecule has 0 spiro atoms. The zero-order valence-electron chi connectivity index (χ0n) is 17.6. The van der Waals surface area contributed by atoms with Gasteiger partial charge in [-0.2, -0.15) is 0 Å². The molecule has 0 radical (unpaired) electrons. The third kappa shape index (κ3) is 4.14. The average molecular weight is 442 g/mol. The van der Waals surface area contributed by atoms with E-state index in [2.05, 4.69) is 15.6 Å². The molecule has 5 rings (SSSR count). The third-order valence-corrected chi connectivity index (χ3v) is 7.02. The summed E-state index contributed by atoms with van der Waals surface area (Å²) in [6, 6.07) is 17.8. The van der Waals surface area contributed by atoms with Crippen LogP contribution in [0.1, 0.15) is 38.3 Å². The fraction of sp³-hybridized carbons (Fsp3) is 0.192. The Balaban J connectivity index is 1.35. The van der Waals surface area contributed by atoms with Crippen LogP contribution >= 0.6 is 11.3 Å². The first-order valence-electron chi connectivity index (χ1n) is 10.8. The van der Waals surface area contributed by atoms with Gasteiger partial charge in [0.1, 0.15) is 5.00 Å². The van der Waals surface area contributed by atoms with Crippen molar-refractivity contribution in [1.82, 2.24) is 10.3 Å². The Morgan fingerprint density at radius 2 is 1.88 bits per heavy atom. The highest BCUT2D eigenvalue weighted by molar-refractivity contribution is 7.17. The van der Waals surface area contributed by atoms with Crippen LogP contribution in [-0.2, 0) is 30.6 Å². The molecule has 0 unspecified atom stereocenters. The zero-order chi connectivity index (χ0) is 21.9. The number of thiophene rings is 1. The van der Waals surface area contributed by atoms with Gasteiger partial charge in [0, 0.05) is 23.8 Å². The normalized spacial score (nSPS) is 12.5. The lowest BCUT2D eigenvalue weighted by atomic mass is 10.0. The number of amides is 2. The quantitative estimate of drug-likeness (QED) is 0.447. The van der Waals surface area contributed by atoms with Crippen molar-refractivity contribution in [1.29, 1.82) is 0 Å². The van der Waals surface area contributed by atoms with Gasteiger partial charge in [0.05, 0.1) is 12.0 Å². The van der Waals surface area contributed by atoms with Crippen molar-refractivity contribution in [3.63, 3.8) is 0 Å². The lowest BCUT2D eigenvalue weighted by Crippen LogP contribution is -2.25. The lowest BCUT2D eigenvalue weighted by Gasteiger charge is -2.10. The van der Waals surface area contributed by atoms with E-state index in [0.29, 0.717) is 17.1 Å². The second-order valence-corrected chi connectivity index (χ2v) is 9.07. The molecule has 4 aromatic rings. The summed E-state index contributed by atoms with van der Waals surface area (Å²) >= 11 is 1.54. The number of pyridine rings is 1. The predicted octanol–water partition coefficient (Wildman–Crippen LogP) is 4.90. The number of benzene rings is 2. The molecule has 0 bridgehead atoms. The van der Waals surface area contributed by atoms with Crippen molar-refractivity contribution in [2.45, 2.75) is 32.2 Å². The second kappa shape index (κ2) is 8.93. The Kier molecular flexibility index (Phi) is 5.69. The number of carbonyl (C=O) groups is 2. The number of nitrogens with zero attached hydrogens (tertiary/aromatic N) is 1. The summed E-state index contributed by atoms with van der Waals surface area (Å²) < 4.78 is 0. The molecule has 2 N–H and O–H groups in total. The second-order valence-electron chi connectivity index (χ2n) is 7.97. The van der Waals surface area contributed by atoms with E-state index in [-0.39, 0.29) is 18.2 Å². The van der Waals surface area contributed by atoms with Crippen LogP contribution in [0.2, 0.25) is 0 Å². The number of hydrogen-bond donors (Lipinski definition) is 2. The van der Waals surface area contributed by atoms with Crippen LogP contribution in [0, 0.1) is 0 Å². The van der Waals surface area contributed by atoms with Gasteiger partial charge in [-0.15, -0.1) is 11.3 Å². The summed E-state index contributed by atoms with van der Waals surface area (Å²) in [6.07, 6.45) is 6.60. The number of hydrogen-bond acceptors (Lipinski definition) is 4.